The van der Waals surface area contributed by atoms with Crippen LogP contribution in [0.4, 0.5) is 0 Å². The van der Waals surface area contributed by atoms with Gasteiger partial charge in [-0.2, -0.15) is 0 Å². The molecular formula is C58H114N2O5. The van der Waals surface area contributed by atoms with Crippen molar-refractivity contribution in [3.63, 3.8) is 0 Å². The van der Waals surface area contributed by atoms with E-state index in [1.54, 1.807) is 0 Å². The highest BCUT2D eigenvalue weighted by molar-refractivity contribution is 5.69. The summed E-state index contributed by atoms with van der Waals surface area (Å²) in [5.41, 5.74) is 0. The summed E-state index contributed by atoms with van der Waals surface area (Å²) in [4.78, 5) is 30.4. The number of carbonyl (C=O) groups is 2. The average molecular weight is 920 g/mol. The molecule has 1 heterocycles. The fraction of sp³-hybridized carbons (Fsp3) is 0.966. The van der Waals surface area contributed by atoms with Crippen molar-refractivity contribution in [1.29, 1.82) is 0 Å². The number of hydrogen-bond donors (Lipinski definition) is 1. The minimum Gasteiger partial charge on any atom is -0.465 e. The second-order valence-corrected chi connectivity index (χ2v) is 20.9. The molecule has 0 aromatic heterocycles. The first-order valence-corrected chi connectivity index (χ1v) is 29.4. The molecule has 1 aliphatic heterocycles. The zero-order chi connectivity index (χ0) is 47.3. The Bertz CT molecular complexity index is 964. The van der Waals surface area contributed by atoms with Crippen molar-refractivity contribution in [2.24, 2.45) is 11.8 Å². The van der Waals surface area contributed by atoms with Gasteiger partial charge in [-0.15, -0.1) is 0 Å². The van der Waals surface area contributed by atoms with Crippen LogP contribution in [0, 0.1) is 11.8 Å². The predicted octanol–water partition coefficient (Wildman–Crippen LogP) is 16.7. The zero-order valence-electron chi connectivity index (χ0n) is 44.5. The lowest BCUT2D eigenvalue weighted by Gasteiger charge is -2.36. The van der Waals surface area contributed by atoms with Crippen LogP contribution in [0.2, 0.25) is 0 Å². The summed E-state index contributed by atoms with van der Waals surface area (Å²) < 4.78 is 11.6. The van der Waals surface area contributed by atoms with E-state index in [2.05, 4.69) is 44.4 Å². The molecule has 65 heavy (non-hydrogen) atoms. The summed E-state index contributed by atoms with van der Waals surface area (Å²) >= 11 is 0. The van der Waals surface area contributed by atoms with E-state index in [1.165, 1.54) is 219 Å². The highest BCUT2D eigenvalue weighted by atomic mass is 16.5. The highest BCUT2D eigenvalue weighted by Gasteiger charge is 2.25. The van der Waals surface area contributed by atoms with Crippen LogP contribution in [0.5, 0.6) is 0 Å². The Hall–Kier alpha value is -1.18. The van der Waals surface area contributed by atoms with Gasteiger partial charge in [0.05, 0.1) is 13.2 Å². The van der Waals surface area contributed by atoms with Gasteiger partial charge in [0.15, 0.2) is 0 Å². The van der Waals surface area contributed by atoms with E-state index < -0.39 is 0 Å². The lowest BCUT2D eigenvalue weighted by atomic mass is 9.96. The Morgan fingerprint density at radius 1 is 0.446 bits per heavy atom. The van der Waals surface area contributed by atoms with E-state index in [-0.39, 0.29) is 18.2 Å². The summed E-state index contributed by atoms with van der Waals surface area (Å²) in [6.45, 7) is 17.2. The standard InChI is InChI=1S/C58H114N2O5/c1-6-11-16-23-32-44-56(61)60(50-37-49-59-47-35-36-48-59)55(42-30-24-19-21-26-33-45-57(62)64-51-53(38-14-9-4)40-28-17-12-7-2)43-31-25-20-22-27-34-46-58(63)65-52-54(39-15-10-5)41-29-18-13-8-3/h53-56,61H,6-52H2,1-5H3. The lowest BCUT2D eigenvalue weighted by molar-refractivity contribution is -0.146. The minimum atomic E-state index is -0.342. The number of unbranched alkanes of at least 4 members (excludes halogenated alkanes) is 22. The molecule has 0 spiro atoms. The molecule has 0 aromatic rings. The molecule has 1 rings (SSSR count). The first-order valence-electron chi connectivity index (χ1n) is 29.4. The van der Waals surface area contributed by atoms with Crippen molar-refractivity contribution in [3.8, 4) is 0 Å². The maximum atomic E-state index is 12.6. The molecule has 0 radical (unpaired) electrons. The first-order chi connectivity index (χ1) is 31.9. The Morgan fingerprint density at radius 3 is 1.25 bits per heavy atom. The number of hydrogen-bond acceptors (Lipinski definition) is 7. The van der Waals surface area contributed by atoms with Crippen LogP contribution in [0.25, 0.3) is 0 Å². The number of carbonyl (C=O) groups excluding carboxylic acids is 2. The third-order valence-electron chi connectivity index (χ3n) is 14.7. The fourth-order valence-corrected chi connectivity index (χ4v) is 10.2. The van der Waals surface area contributed by atoms with Gasteiger partial charge < -0.3 is 19.5 Å². The lowest BCUT2D eigenvalue weighted by Crippen LogP contribution is -2.44. The summed E-state index contributed by atoms with van der Waals surface area (Å²) in [7, 11) is 0. The third-order valence-corrected chi connectivity index (χ3v) is 14.7. The molecule has 0 saturated carbocycles. The van der Waals surface area contributed by atoms with Gasteiger partial charge >= 0.3 is 11.9 Å². The van der Waals surface area contributed by atoms with E-state index in [4.69, 9.17) is 9.47 Å². The van der Waals surface area contributed by atoms with E-state index >= 15 is 0 Å². The van der Waals surface area contributed by atoms with Crippen molar-refractivity contribution >= 4 is 11.9 Å². The van der Waals surface area contributed by atoms with Crippen molar-refractivity contribution in [2.75, 3.05) is 39.4 Å². The van der Waals surface area contributed by atoms with Gasteiger partial charge in [0, 0.05) is 25.4 Å². The van der Waals surface area contributed by atoms with Crippen molar-refractivity contribution < 1.29 is 24.2 Å². The quantitative estimate of drug-likeness (QED) is 0.0370. The number of rotatable bonds is 50. The van der Waals surface area contributed by atoms with Gasteiger partial charge in [0.2, 0.25) is 0 Å². The number of likely N-dealkylation sites (tertiary alicyclic amines) is 1. The van der Waals surface area contributed by atoms with Crippen molar-refractivity contribution in [2.45, 2.75) is 310 Å². The molecule has 0 amide bonds. The normalized spacial score (nSPS) is 15.1. The summed E-state index contributed by atoms with van der Waals surface area (Å²) in [5, 5.41) is 11.8. The van der Waals surface area contributed by atoms with Crippen molar-refractivity contribution in [1.82, 2.24) is 9.80 Å². The summed E-state index contributed by atoms with van der Waals surface area (Å²) in [6.07, 6.45) is 47.7. The first kappa shape index (κ1) is 61.8. The van der Waals surface area contributed by atoms with Gasteiger partial charge in [0.1, 0.15) is 6.23 Å². The van der Waals surface area contributed by atoms with Crippen LogP contribution in [-0.4, -0.2) is 78.5 Å². The van der Waals surface area contributed by atoms with Crippen LogP contribution in [-0.2, 0) is 19.1 Å². The molecule has 1 N–H and O–H groups in total. The topological polar surface area (TPSA) is 79.3 Å². The monoisotopic (exact) mass is 919 g/mol. The smallest absolute Gasteiger partial charge is 0.305 e. The molecular weight excluding hydrogens is 805 g/mol. The zero-order valence-corrected chi connectivity index (χ0v) is 44.5. The number of aliphatic hydroxyl groups is 1. The average Bonchev–Trinajstić information content (AvgIpc) is 3.84. The Labute approximate surface area is 405 Å². The number of ether oxygens (including phenoxy) is 2. The fourth-order valence-electron chi connectivity index (χ4n) is 10.2. The molecule has 0 aromatic carbocycles. The molecule has 3 atom stereocenters. The van der Waals surface area contributed by atoms with E-state index in [0.717, 1.165) is 58.0 Å². The molecule has 1 saturated heterocycles. The number of nitrogens with zero attached hydrogens (tertiary/aromatic N) is 2. The molecule has 1 fully saturated rings. The van der Waals surface area contributed by atoms with Crippen LogP contribution >= 0.6 is 0 Å². The Morgan fingerprint density at radius 2 is 0.800 bits per heavy atom. The van der Waals surface area contributed by atoms with Gasteiger partial charge in [-0.3, -0.25) is 14.5 Å². The SMILES string of the molecule is CCCCCCCC(O)N(CCCN1CCCC1)C(CCCCCCCCC(=O)OCC(CCCC)CCCCCC)CCCCCCCCC(=O)OCC(CCCC)CCCCCC. The summed E-state index contributed by atoms with van der Waals surface area (Å²) in [6, 6.07) is 0.435. The molecule has 0 aliphatic carbocycles. The highest BCUT2D eigenvalue weighted by Crippen LogP contribution is 2.25. The third kappa shape index (κ3) is 37.4. The maximum Gasteiger partial charge on any atom is 0.305 e. The Balaban J connectivity index is 2.60. The number of esters is 2. The predicted molar refractivity (Wildman–Crippen MR) is 280 cm³/mol. The molecule has 7 nitrogen and oxygen atoms in total. The molecule has 1 aliphatic rings. The second kappa shape index (κ2) is 46.5. The minimum absolute atomic E-state index is 0.00575. The molecule has 3 unspecified atom stereocenters. The largest absolute Gasteiger partial charge is 0.465 e. The van der Waals surface area contributed by atoms with Gasteiger partial charge in [-0.05, 0) is 115 Å². The molecule has 386 valence electrons. The van der Waals surface area contributed by atoms with Crippen LogP contribution in [0.15, 0.2) is 0 Å². The van der Waals surface area contributed by atoms with Crippen LogP contribution < -0.4 is 0 Å². The van der Waals surface area contributed by atoms with Crippen LogP contribution in [0.3, 0.4) is 0 Å². The molecule has 0 bridgehead atoms. The number of aliphatic hydroxyl groups excluding tert-OH is 1. The Kier molecular flexibility index (Phi) is 44.3. The van der Waals surface area contributed by atoms with E-state index in [9.17, 15) is 14.7 Å². The van der Waals surface area contributed by atoms with Gasteiger partial charge in [-0.1, -0.05) is 202 Å². The van der Waals surface area contributed by atoms with Crippen molar-refractivity contribution in [3.05, 3.63) is 0 Å². The van der Waals surface area contributed by atoms with Gasteiger partial charge in [0.25, 0.3) is 0 Å². The second-order valence-electron chi connectivity index (χ2n) is 20.9. The van der Waals surface area contributed by atoms with Gasteiger partial charge in [-0.25, -0.2) is 0 Å². The maximum absolute atomic E-state index is 12.6. The summed E-state index contributed by atoms with van der Waals surface area (Å²) in [5.74, 6) is 1.07. The molecule has 7 heteroatoms. The van der Waals surface area contributed by atoms with E-state index in [1.807, 2.05) is 0 Å². The van der Waals surface area contributed by atoms with Crippen LogP contribution in [0.1, 0.15) is 298 Å². The van der Waals surface area contributed by atoms with E-state index in [0.29, 0.717) is 43.9 Å².